The van der Waals surface area contributed by atoms with Gasteiger partial charge in [0.1, 0.15) is 5.00 Å². The zero-order valence-electron chi connectivity index (χ0n) is 7.50. The molecule has 0 fully saturated rings. The van der Waals surface area contributed by atoms with Crippen LogP contribution >= 0.6 is 22.9 Å². The van der Waals surface area contributed by atoms with Gasteiger partial charge in [-0.3, -0.25) is 0 Å². The Hall–Kier alpha value is -1.33. The van der Waals surface area contributed by atoms with E-state index in [1.807, 2.05) is 0 Å². The van der Waals surface area contributed by atoms with Crippen molar-refractivity contribution in [2.24, 2.45) is 0 Å². The third-order valence-electron chi connectivity index (χ3n) is 1.72. The van der Waals surface area contributed by atoms with Crippen LogP contribution in [0.25, 0.3) is 0 Å². The Morgan fingerprint density at radius 3 is 2.93 bits per heavy atom. The van der Waals surface area contributed by atoms with Crippen molar-refractivity contribution >= 4 is 38.8 Å². The van der Waals surface area contributed by atoms with Gasteiger partial charge in [-0.1, -0.05) is 29.0 Å². The molecule has 0 aliphatic heterocycles. The molecule has 3 N–H and O–H groups in total. The highest BCUT2D eigenvalue weighted by molar-refractivity contribution is 7.19. The highest BCUT2D eigenvalue weighted by Crippen LogP contribution is 2.28. The number of nitrogens with one attached hydrogen (secondary N) is 1. The molecule has 0 bridgehead atoms. The van der Waals surface area contributed by atoms with Crippen LogP contribution in [0.5, 0.6) is 0 Å². The van der Waals surface area contributed by atoms with Crippen molar-refractivity contribution in [2.75, 3.05) is 11.1 Å². The number of nitrogens with zero attached hydrogens (tertiary/aromatic N) is 1. The largest absolute Gasteiger partial charge is 0.389 e. The van der Waals surface area contributed by atoms with Gasteiger partial charge in [0, 0.05) is 0 Å². The zero-order chi connectivity index (χ0) is 10.8. The van der Waals surface area contributed by atoms with Gasteiger partial charge in [-0.2, -0.15) is 0 Å². The van der Waals surface area contributed by atoms with Crippen molar-refractivity contribution in [2.45, 2.75) is 0 Å². The first-order valence-corrected chi connectivity index (χ1v) is 5.28. The SMILES string of the molecule is Nc1cnc(Nc2cccc(Cl)c2F)s1. The summed E-state index contributed by atoms with van der Waals surface area (Å²) in [5.41, 5.74) is 5.79. The third kappa shape index (κ3) is 2.19. The van der Waals surface area contributed by atoms with E-state index in [9.17, 15) is 4.39 Å². The van der Waals surface area contributed by atoms with Crippen molar-refractivity contribution in [3.8, 4) is 0 Å². The van der Waals surface area contributed by atoms with E-state index in [1.165, 1.54) is 23.6 Å². The van der Waals surface area contributed by atoms with Gasteiger partial charge in [-0.25, -0.2) is 9.37 Å². The number of hydrogen-bond donors (Lipinski definition) is 2. The minimum absolute atomic E-state index is 0.0736. The molecule has 2 rings (SSSR count). The number of nitrogen functional groups attached to an aromatic ring is 1. The zero-order valence-corrected chi connectivity index (χ0v) is 9.07. The molecule has 1 aromatic carbocycles. The second-order valence-corrected chi connectivity index (χ2v) is 4.26. The molecule has 0 saturated carbocycles. The van der Waals surface area contributed by atoms with E-state index < -0.39 is 5.82 Å². The number of nitrogens with two attached hydrogens (primary N) is 1. The van der Waals surface area contributed by atoms with Crippen LogP contribution < -0.4 is 11.1 Å². The van der Waals surface area contributed by atoms with Gasteiger partial charge in [0.15, 0.2) is 10.9 Å². The summed E-state index contributed by atoms with van der Waals surface area (Å²) in [4.78, 5) is 3.95. The molecule has 6 heteroatoms. The monoisotopic (exact) mass is 243 g/mol. The molecule has 0 unspecified atom stereocenters. The number of halogens is 2. The Kier molecular flexibility index (Phi) is 2.75. The first kappa shape index (κ1) is 10.2. The lowest BCUT2D eigenvalue weighted by molar-refractivity contribution is 0.632. The van der Waals surface area contributed by atoms with Crippen LogP contribution in [0.3, 0.4) is 0 Å². The van der Waals surface area contributed by atoms with Crippen molar-refractivity contribution in [1.29, 1.82) is 0 Å². The van der Waals surface area contributed by atoms with E-state index in [-0.39, 0.29) is 10.7 Å². The number of hydrogen-bond acceptors (Lipinski definition) is 4. The molecular formula is C9H7ClFN3S. The van der Waals surface area contributed by atoms with Crippen LogP contribution in [-0.2, 0) is 0 Å². The van der Waals surface area contributed by atoms with Crippen LogP contribution in [-0.4, -0.2) is 4.98 Å². The number of thiazole rings is 1. The number of anilines is 3. The van der Waals surface area contributed by atoms with E-state index in [1.54, 1.807) is 12.1 Å². The molecule has 3 nitrogen and oxygen atoms in total. The van der Waals surface area contributed by atoms with Crippen LogP contribution in [0, 0.1) is 5.82 Å². The standard InChI is InChI=1S/C9H7ClFN3S/c10-5-2-1-3-6(8(5)11)14-9-13-4-7(12)15-9/h1-4H,12H2,(H,13,14). The fourth-order valence-electron chi connectivity index (χ4n) is 1.06. The van der Waals surface area contributed by atoms with E-state index >= 15 is 0 Å². The molecule has 0 atom stereocenters. The lowest BCUT2D eigenvalue weighted by atomic mass is 10.3. The molecule has 0 amide bonds. The minimum Gasteiger partial charge on any atom is -0.389 e. The van der Waals surface area contributed by atoms with Crippen molar-refractivity contribution in [1.82, 2.24) is 4.98 Å². The smallest absolute Gasteiger partial charge is 0.189 e. The molecule has 0 saturated heterocycles. The first-order valence-electron chi connectivity index (χ1n) is 4.09. The van der Waals surface area contributed by atoms with Crippen molar-refractivity contribution in [3.63, 3.8) is 0 Å². The van der Waals surface area contributed by atoms with Gasteiger partial charge in [0.25, 0.3) is 0 Å². The van der Waals surface area contributed by atoms with Gasteiger partial charge in [0.05, 0.1) is 16.9 Å². The summed E-state index contributed by atoms with van der Waals surface area (Å²) >= 11 is 6.87. The predicted molar refractivity (Wildman–Crippen MR) is 61.2 cm³/mol. The summed E-state index contributed by atoms with van der Waals surface area (Å²) in [6.45, 7) is 0. The number of rotatable bonds is 2. The summed E-state index contributed by atoms with van der Waals surface area (Å²) in [7, 11) is 0. The average molecular weight is 244 g/mol. The normalized spacial score (nSPS) is 10.3. The highest BCUT2D eigenvalue weighted by Gasteiger charge is 2.07. The molecular weight excluding hydrogens is 237 g/mol. The molecule has 1 aromatic heterocycles. The van der Waals surface area contributed by atoms with Crippen molar-refractivity contribution in [3.05, 3.63) is 35.2 Å². The average Bonchev–Trinajstić information content (AvgIpc) is 2.59. The summed E-state index contributed by atoms with van der Waals surface area (Å²) in [6, 6.07) is 4.72. The summed E-state index contributed by atoms with van der Waals surface area (Å²) in [6.07, 6.45) is 1.51. The molecule has 78 valence electrons. The van der Waals surface area contributed by atoms with Gasteiger partial charge in [0.2, 0.25) is 0 Å². The maximum atomic E-state index is 13.4. The van der Waals surface area contributed by atoms with Gasteiger partial charge >= 0.3 is 0 Å². The van der Waals surface area contributed by atoms with E-state index in [0.717, 1.165) is 0 Å². The molecule has 15 heavy (non-hydrogen) atoms. The lowest BCUT2D eigenvalue weighted by Crippen LogP contribution is -1.93. The van der Waals surface area contributed by atoms with E-state index in [0.29, 0.717) is 10.1 Å². The maximum Gasteiger partial charge on any atom is 0.189 e. The van der Waals surface area contributed by atoms with Gasteiger partial charge < -0.3 is 11.1 Å². The van der Waals surface area contributed by atoms with Crippen molar-refractivity contribution < 1.29 is 4.39 Å². The molecule has 0 aliphatic rings. The Morgan fingerprint density at radius 1 is 1.47 bits per heavy atom. The van der Waals surface area contributed by atoms with Crippen LogP contribution in [0.4, 0.5) is 20.2 Å². The molecule has 0 aliphatic carbocycles. The molecule has 0 spiro atoms. The minimum atomic E-state index is -0.493. The topological polar surface area (TPSA) is 50.9 Å². The van der Waals surface area contributed by atoms with E-state index in [2.05, 4.69) is 10.3 Å². The third-order valence-corrected chi connectivity index (χ3v) is 2.75. The Bertz CT molecular complexity index is 486. The lowest BCUT2D eigenvalue weighted by Gasteiger charge is -2.04. The van der Waals surface area contributed by atoms with Crippen LogP contribution in [0.1, 0.15) is 0 Å². The van der Waals surface area contributed by atoms with Gasteiger partial charge in [-0.15, -0.1) is 0 Å². The summed E-state index contributed by atoms with van der Waals surface area (Å²) in [5, 5.41) is 3.98. The molecule has 1 heterocycles. The predicted octanol–water partition coefficient (Wildman–Crippen LogP) is 3.26. The van der Waals surface area contributed by atoms with Crippen LogP contribution in [0.15, 0.2) is 24.4 Å². The Labute approximate surface area is 94.7 Å². The fourth-order valence-corrected chi connectivity index (χ4v) is 1.83. The molecule has 2 aromatic rings. The Balaban J connectivity index is 2.28. The van der Waals surface area contributed by atoms with Crippen LogP contribution in [0.2, 0.25) is 5.02 Å². The summed E-state index contributed by atoms with van der Waals surface area (Å²) < 4.78 is 13.4. The maximum absolute atomic E-state index is 13.4. The Morgan fingerprint density at radius 2 is 2.27 bits per heavy atom. The quantitative estimate of drug-likeness (QED) is 0.851. The number of benzene rings is 1. The number of aromatic nitrogens is 1. The summed E-state index contributed by atoms with van der Waals surface area (Å²) in [5.74, 6) is -0.493. The fraction of sp³-hybridized carbons (Fsp3) is 0. The van der Waals surface area contributed by atoms with Gasteiger partial charge in [-0.05, 0) is 12.1 Å². The first-order chi connectivity index (χ1) is 7.16. The highest BCUT2D eigenvalue weighted by atomic mass is 35.5. The second-order valence-electron chi connectivity index (χ2n) is 2.79. The van der Waals surface area contributed by atoms with E-state index in [4.69, 9.17) is 17.3 Å². The second kappa shape index (κ2) is 4.04. The molecule has 0 radical (unpaired) electrons.